The summed E-state index contributed by atoms with van der Waals surface area (Å²) >= 11 is 1.78. The van der Waals surface area contributed by atoms with E-state index in [1.807, 2.05) is 19.1 Å². The van der Waals surface area contributed by atoms with Crippen molar-refractivity contribution in [1.82, 2.24) is 9.13 Å². The number of allylic oxidation sites excluding steroid dienone is 1. The average molecular weight is 323 g/mol. The fraction of sp³-hybridized carbons (Fsp3) is 0.316. The van der Waals surface area contributed by atoms with E-state index >= 15 is 0 Å². The van der Waals surface area contributed by atoms with Gasteiger partial charge in [0, 0.05) is 47.4 Å². The highest BCUT2D eigenvalue weighted by Gasteiger charge is 2.37. The fourth-order valence-corrected chi connectivity index (χ4v) is 4.05. The SMILES string of the molecule is C=CCSc1cc2n(c1-c1ccn(CC=C)c1)CCC2(C)C#N. The molecule has 1 aliphatic heterocycles. The van der Waals surface area contributed by atoms with Crippen molar-refractivity contribution in [2.75, 3.05) is 5.75 Å². The molecule has 3 rings (SSSR count). The Labute approximate surface area is 141 Å². The Morgan fingerprint density at radius 2 is 2.26 bits per heavy atom. The van der Waals surface area contributed by atoms with Crippen LogP contribution < -0.4 is 0 Å². The van der Waals surface area contributed by atoms with Gasteiger partial charge in [-0.25, -0.2) is 0 Å². The van der Waals surface area contributed by atoms with Gasteiger partial charge in [0.05, 0.1) is 17.2 Å². The van der Waals surface area contributed by atoms with E-state index in [1.165, 1.54) is 16.2 Å². The van der Waals surface area contributed by atoms with Gasteiger partial charge in [-0.3, -0.25) is 0 Å². The highest BCUT2D eigenvalue weighted by atomic mass is 32.2. The predicted molar refractivity (Wildman–Crippen MR) is 96.6 cm³/mol. The minimum Gasteiger partial charge on any atom is -0.350 e. The number of fused-ring (bicyclic) bond motifs is 1. The molecule has 0 N–H and O–H groups in total. The molecule has 0 aromatic carbocycles. The van der Waals surface area contributed by atoms with Crippen LogP contribution in [-0.4, -0.2) is 14.9 Å². The summed E-state index contributed by atoms with van der Waals surface area (Å²) in [5.74, 6) is 0.868. The van der Waals surface area contributed by atoms with Crippen molar-refractivity contribution in [2.24, 2.45) is 0 Å². The smallest absolute Gasteiger partial charge is 0.0962 e. The second kappa shape index (κ2) is 6.17. The maximum atomic E-state index is 9.59. The Bertz CT molecular complexity index is 790. The molecule has 118 valence electrons. The molecular weight excluding hydrogens is 302 g/mol. The van der Waals surface area contributed by atoms with Gasteiger partial charge < -0.3 is 9.13 Å². The van der Waals surface area contributed by atoms with E-state index < -0.39 is 0 Å². The van der Waals surface area contributed by atoms with Crippen LogP contribution in [0.5, 0.6) is 0 Å². The molecule has 0 fully saturated rings. The molecule has 23 heavy (non-hydrogen) atoms. The second-order valence-corrected chi connectivity index (χ2v) is 7.14. The van der Waals surface area contributed by atoms with Crippen molar-refractivity contribution in [3.8, 4) is 17.3 Å². The van der Waals surface area contributed by atoms with E-state index in [9.17, 15) is 5.26 Å². The molecule has 3 nitrogen and oxygen atoms in total. The highest BCUT2D eigenvalue weighted by Crippen LogP contribution is 2.44. The van der Waals surface area contributed by atoms with Crippen molar-refractivity contribution in [3.63, 3.8) is 0 Å². The summed E-state index contributed by atoms with van der Waals surface area (Å²) in [5.41, 5.74) is 3.18. The lowest BCUT2D eigenvalue weighted by Gasteiger charge is -2.11. The van der Waals surface area contributed by atoms with Gasteiger partial charge in [0.15, 0.2) is 0 Å². The van der Waals surface area contributed by atoms with Crippen molar-refractivity contribution >= 4 is 11.8 Å². The van der Waals surface area contributed by atoms with Crippen molar-refractivity contribution < 1.29 is 0 Å². The van der Waals surface area contributed by atoms with Gasteiger partial charge in [0.2, 0.25) is 0 Å². The molecule has 1 aliphatic rings. The third-order valence-electron chi connectivity index (χ3n) is 4.43. The minimum absolute atomic E-state index is 0.384. The summed E-state index contributed by atoms with van der Waals surface area (Å²) in [7, 11) is 0. The van der Waals surface area contributed by atoms with Crippen LogP contribution in [0.2, 0.25) is 0 Å². The third kappa shape index (κ3) is 2.66. The number of nitrogens with zero attached hydrogens (tertiary/aromatic N) is 3. The van der Waals surface area contributed by atoms with E-state index in [4.69, 9.17) is 0 Å². The third-order valence-corrected chi connectivity index (χ3v) is 5.45. The Hall–Kier alpha value is -2.12. The second-order valence-electron chi connectivity index (χ2n) is 6.07. The number of hydrogen-bond donors (Lipinski definition) is 0. The van der Waals surface area contributed by atoms with Crippen molar-refractivity contribution in [3.05, 3.63) is 55.5 Å². The summed E-state index contributed by atoms with van der Waals surface area (Å²) in [6.45, 7) is 11.4. The van der Waals surface area contributed by atoms with E-state index in [0.29, 0.717) is 0 Å². The van der Waals surface area contributed by atoms with E-state index in [2.05, 4.69) is 52.9 Å². The van der Waals surface area contributed by atoms with Crippen LogP contribution in [0.3, 0.4) is 0 Å². The first kappa shape index (κ1) is 15.8. The van der Waals surface area contributed by atoms with Gasteiger partial charge in [0.1, 0.15) is 0 Å². The van der Waals surface area contributed by atoms with Gasteiger partial charge >= 0.3 is 0 Å². The molecule has 0 bridgehead atoms. The lowest BCUT2D eigenvalue weighted by molar-refractivity contribution is 0.596. The van der Waals surface area contributed by atoms with Gasteiger partial charge in [0.25, 0.3) is 0 Å². The van der Waals surface area contributed by atoms with Crippen LogP contribution in [0.25, 0.3) is 11.3 Å². The zero-order valence-electron chi connectivity index (χ0n) is 13.5. The average Bonchev–Trinajstić information content (AvgIpc) is 3.22. The van der Waals surface area contributed by atoms with Crippen LogP contribution in [-0.2, 0) is 18.5 Å². The van der Waals surface area contributed by atoms with Crippen LogP contribution in [0.1, 0.15) is 19.0 Å². The zero-order chi connectivity index (χ0) is 16.4. The lowest BCUT2D eigenvalue weighted by atomic mass is 9.88. The molecule has 2 aromatic rings. The molecule has 0 aliphatic carbocycles. The van der Waals surface area contributed by atoms with Gasteiger partial charge in [-0.1, -0.05) is 12.2 Å². The molecule has 0 radical (unpaired) electrons. The molecule has 0 spiro atoms. The molecule has 0 saturated heterocycles. The fourth-order valence-electron chi connectivity index (χ4n) is 3.19. The van der Waals surface area contributed by atoms with E-state index in [1.54, 1.807) is 11.8 Å². The summed E-state index contributed by atoms with van der Waals surface area (Å²) in [5, 5.41) is 9.59. The first-order valence-electron chi connectivity index (χ1n) is 7.79. The number of rotatable bonds is 6. The molecule has 1 unspecified atom stereocenters. The zero-order valence-corrected chi connectivity index (χ0v) is 14.3. The Balaban J connectivity index is 2.10. The first-order chi connectivity index (χ1) is 11.1. The van der Waals surface area contributed by atoms with Crippen LogP contribution in [0.4, 0.5) is 0 Å². The maximum Gasteiger partial charge on any atom is 0.0962 e. The Morgan fingerprint density at radius 1 is 1.43 bits per heavy atom. The normalized spacial score (nSPS) is 19.3. The number of aromatic nitrogens is 2. The standard InChI is InChI=1S/C19H21N3S/c1-4-8-21-9-6-15(13-21)18-16(23-11-5-2)12-17-19(3,14-20)7-10-22(17)18/h4-6,9,12-13H,1-2,7-8,10-11H2,3H3. The highest BCUT2D eigenvalue weighted by molar-refractivity contribution is 7.99. The van der Waals surface area contributed by atoms with E-state index in [0.717, 1.165) is 31.0 Å². The summed E-state index contributed by atoms with van der Waals surface area (Å²) in [4.78, 5) is 1.23. The van der Waals surface area contributed by atoms with Crippen molar-refractivity contribution in [2.45, 2.75) is 36.7 Å². The lowest BCUT2D eigenvalue weighted by Crippen LogP contribution is -2.14. The maximum absolute atomic E-state index is 9.59. The van der Waals surface area contributed by atoms with Crippen LogP contribution in [0.15, 0.2) is 54.7 Å². The minimum atomic E-state index is -0.384. The van der Waals surface area contributed by atoms with Gasteiger partial charge in [-0.05, 0) is 25.5 Å². The molecule has 4 heteroatoms. The molecular formula is C19H21N3S. The summed E-state index contributed by atoms with van der Waals surface area (Å²) < 4.78 is 4.45. The Morgan fingerprint density at radius 3 is 2.96 bits per heavy atom. The number of nitriles is 1. The molecule has 0 amide bonds. The predicted octanol–water partition coefficient (Wildman–Crippen LogP) is 4.61. The van der Waals surface area contributed by atoms with Gasteiger partial charge in [-0.15, -0.1) is 24.9 Å². The monoisotopic (exact) mass is 323 g/mol. The van der Waals surface area contributed by atoms with Gasteiger partial charge in [-0.2, -0.15) is 5.26 Å². The topological polar surface area (TPSA) is 33.6 Å². The quantitative estimate of drug-likeness (QED) is 0.575. The molecule has 1 atom stereocenters. The first-order valence-corrected chi connectivity index (χ1v) is 8.77. The Kier molecular flexibility index (Phi) is 4.23. The number of hydrogen-bond acceptors (Lipinski definition) is 2. The molecule has 2 aromatic heterocycles. The van der Waals surface area contributed by atoms with E-state index in [-0.39, 0.29) is 5.41 Å². The van der Waals surface area contributed by atoms with Crippen molar-refractivity contribution in [1.29, 1.82) is 5.26 Å². The summed E-state index contributed by atoms with van der Waals surface area (Å²) in [6.07, 6.45) is 8.93. The molecule has 0 saturated carbocycles. The largest absolute Gasteiger partial charge is 0.350 e. The summed E-state index contributed by atoms with van der Waals surface area (Å²) in [6, 6.07) is 6.85. The van der Waals surface area contributed by atoms with Crippen LogP contribution >= 0.6 is 11.8 Å². The number of thioether (sulfide) groups is 1. The van der Waals surface area contributed by atoms with Crippen LogP contribution in [0, 0.1) is 11.3 Å². The molecule has 3 heterocycles.